The van der Waals surface area contributed by atoms with Gasteiger partial charge in [0.05, 0.1) is 5.01 Å². The van der Waals surface area contributed by atoms with Gasteiger partial charge in [-0.05, 0) is 19.8 Å². The first-order valence-corrected chi connectivity index (χ1v) is 8.15. The number of hydrogen-bond donors (Lipinski definition) is 1. The molecule has 19 heavy (non-hydrogen) atoms. The fraction of sp³-hybridized carbons (Fsp3) is 0.800. The van der Waals surface area contributed by atoms with Gasteiger partial charge in [0, 0.05) is 48.7 Å². The Labute approximate surface area is 121 Å². The van der Waals surface area contributed by atoms with Crippen LogP contribution in [0, 0.1) is 5.92 Å². The van der Waals surface area contributed by atoms with Crippen LogP contribution in [0.5, 0.6) is 0 Å². The van der Waals surface area contributed by atoms with E-state index in [9.17, 15) is 0 Å². The third-order valence-electron chi connectivity index (χ3n) is 4.01. The Morgan fingerprint density at radius 2 is 2.21 bits per heavy atom. The van der Waals surface area contributed by atoms with E-state index in [4.69, 9.17) is 0 Å². The lowest BCUT2D eigenvalue weighted by atomic mass is 9.92. The molecule has 0 aliphatic carbocycles. The number of nitrogens with one attached hydrogen (secondary N) is 1. The molecule has 4 heteroatoms. The van der Waals surface area contributed by atoms with Gasteiger partial charge in [0.2, 0.25) is 0 Å². The van der Waals surface area contributed by atoms with Gasteiger partial charge in [-0.25, -0.2) is 4.98 Å². The number of hydrogen-bond acceptors (Lipinski definition) is 4. The summed E-state index contributed by atoms with van der Waals surface area (Å²) in [6.45, 7) is 14.9. The van der Waals surface area contributed by atoms with Crippen molar-refractivity contribution in [1.82, 2.24) is 15.2 Å². The Hall–Kier alpha value is -0.450. The fourth-order valence-electron chi connectivity index (χ4n) is 2.96. The van der Waals surface area contributed by atoms with Crippen LogP contribution in [0.15, 0.2) is 11.6 Å². The molecule has 1 fully saturated rings. The summed E-state index contributed by atoms with van der Waals surface area (Å²) >= 11 is 1.78. The lowest BCUT2D eigenvalue weighted by Crippen LogP contribution is -2.63. The molecule has 0 radical (unpaired) electrons. The minimum atomic E-state index is 0.216. The molecule has 0 saturated carbocycles. The standard InChI is InChI=1S/C15H27N3S/c1-11(2)13-8-17-15(4,5)10-18(13)9-12(3)14-16-6-7-19-14/h6-7,11-13,17H,8-10H2,1-5H3. The average Bonchev–Trinajstić information content (AvgIpc) is 2.80. The molecule has 0 aromatic carbocycles. The Kier molecular flexibility index (Phi) is 4.64. The van der Waals surface area contributed by atoms with E-state index in [1.54, 1.807) is 11.3 Å². The highest BCUT2D eigenvalue weighted by Gasteiger charge is 2.34. The quantitative estimate of drug-likeness (QED) is 0.919. The fourth-order valence-corrected chi connectivity index (χ4v) is 3.65. The van der Waals surface area contributed by atoms with Crippen LogP contribution >= 0.6 is 11.3 Å². The van der Waals surface area contributed by atoms with Crippen molar-refractivity contribution in [3.63, 3.8) is 0 Å². The Morgan fingerprint density at radius 3 is 2.79 bits per heavy atom. The van der Waals surface area contributed by atoms with Gasteiger partial charge in [-0.2, -0.15) is 0 Å². The molecule has 108 valence electrons. The molecule has 3 nitrogen and oxygen atoms in total. The first-order chi connectivity index (χ1) is 8.89. The molecular weight excluding hydrogens is 254 g/mol. The van der Waals surface area contributed by atoms with Gasteiger partial charge in [0.1, 0.15) is 0 Å². The summed E-state index contributed by atoms with van der Waals surface area (Å²) in [5.74, 6) is 1.21. The highest BCUT2D eigenvalue weighted by atomic mass is 32.1. The van der Waals surface area contributed by atoms with Crippen molar-refractivity contribution in [3.05, 3.63) is 16.6 Å². The van der Waals surface area contributed by atoms with Gasteiger partial charge in [0.15, 0.2) is 0 Å². The molecule has 1 N–H and O–H groups in total. The van der Waals surface area contributed by atoms with Crippen LogP contribution < -0.4 is 5.32 Å². The van der Waals surface area contributed by atoms with E-state index >= 15 is 0 Å². The third kappa shape index (κ3) is 3.77. The van der Waals surface area contributed by atoms with E-state index in [0.29, 0.717) is 17.9 Å². The monoisotopic (exact) mass is 281 g/mol. The largest absolute Gasteiger partial charge is 0.309 e. The highest BCUT2D eigenvalue weighted by Crippen LogP contribution is 2.25. The lowest BCUT2D eigenvalue weighted by Gasteiger charge is -2.47. The first-order valence-electron chi connectivity index (χ1n) is 7.27. The van der Waals surface area contributed by atoms with Gasteiger partial charge in [-0.1, -0.05) is 20.8 Å². The molecule has 2 atom stereocenters. The summed E-state index contributed by atoms with van der Waals surface area (Å²) in [6.07, 6.45) is 1.91. The molecule has 2 unspecified atom stereocenters. The molecular formula is C15H27N3S. The minimum absolute atomic E-state index is 0.216. The van der Waals surface area contributed by atoms with Gasteiger partial charge < -0.3 is 5.32 Å². The second kappa shape index (κ2) is 5.90. The molecule has 1 aliphatic heterocycles. The maximum atomic E-state index is 4.46. The van der Waals surface area contributed by atoms with Crippen molar-refractivity contribution in [1.29, 1.82) is 0 Å². The molecule has 1 saturated heterocycles. The Balaban J connectivity index is 2.05. The predicted molar refractivity (Wildman–Crippen MR) is 82.8 cm³/mol. The second-order valence-corrected chi connectivity index (χ2v) is 7.70. The van der Waals surface area contributed by atoms with Crippen molar-refractivity contribution < 1.29 is 0 Å². The van der Waals surface area contributed by atoms with Gasteiger partial charge in [-0.15, -0.1) is 11.3 Å². The maximum Gasteiger partial charge on any atom is 0.0965 e. The van der Waals surface area contributed by atoms with Crippen molar-refractivity contribution in [2.24, 2.45) is 5.92 Å². The minimum Gasteiger partial charge on any atom is -0.309 e. The molecule has 0 bridgehead atoms. The van der Waals surface area contributed by atoms with Crippen LogP contribution in [0.3, 0.4) is 0 Å². The summed E-state index contributed by atoms with van der Waals surface area (Å²) in [5.41, 5.74) is 0.216. The van der Waals surface area contributed by atoms with E-state index in [0.717, 1.165) is 19.6 Å². The van der Waals surface area contributed by atoms with Crippen molar-refractivity contribution >= 4 is 11.3 Å². The molecule has 2 rings (SSSR count). The van der Waals surface area contributed by atoms with Crippen molar-refractivity contribution in [2.75, 3.05) is 19.6 Å². The Morgan fingerprint density at radius 1 is 1.47 bits per heavy atom. The zero-order valence-electron chi connectivity index (χ0n) is 12.8. The zero-order chi connectivity index (χ0) is 14.0. The number of thiazole rings is 1. The maximum absolute atomic E-state index is 4.46. The van der Waals surface area contributed by atoms with Gasteiger partial charge in [-0.3, -0.25) is 4.90 Å². The summed E-state index contributed by atoms with van der Waals surface area (Å²) in [7, 11) is 0. The molecule has 1 aromatic heterocycles. The lowest BCUT2D eigenvalue weighted by molar-refractivity contribution is 0.0651. The van der Waals surface area contributed by atoms with Gasteiger partial charge in [0.25, 0.3) is 0 Å². The number of piperazine rings is 1. The average molecular weight is 281 g/mol. The van der Waals surface area contributed by atoms with Crippen molar-refractivity contribution in [2.45, 2.75) is 52.1 Å². The summed E-state index contributed by atoms with van der Waals surface area (Å²) in [4.78, 5) is 7.12. The molecule has 0 amide bonds. The predicted octanol–water partition coefficient (Wildman–Crippen LogP) is 2.96. The van der Waals surface area contributed by atoms with E-state index in [1.165, 1.54) is 5.01 Å². The van der Waals surface area contributed by atoms with Crippen LogP contribution in [0.4, 0.5) is 0 Å². The van der Waals surface area contributed by atoms with Crippen LogP contribution in [0.25, 0.3) is 0 Å². The van der Waals surface area contributed by atoms with Crippen LogP contribution in [-0.2, 0) is 0 Å². The summed E-state index contributed by atoms with van der Waals surface area (Å²) in [6, 6.07) is 0.635. The topological polar surface area (TPSA) is 28.2 Å². The number of rotatable bonds is 4. The molecule has 1 aromatic rings. The number of nitrogens with zero attached hydrogens (tertiary/aromatic N) is 2. The van der Waals surface area contributed by atoms with Crippen LogP contribution in [-0.4, -0.2) is 41.1 Å². The molecule has 0 spiro atoms. The third-order valence-corrected chi connectivity index (χ3v) is 5.02. The van der Waals surface area contributed by atoms with E-state index in [2.05, 4.69) is 55.2 Å². The molecule has 2 heterocycles. The van der Waals surface area contributed by atoms with Crippen molar-refractivity contribution in [3.8, 4) is 0 Å². The van der Waals surface area contributed by atoms with E-state index in [1.807, 2.05) is 6.20 Å². The zero-order valence-corrected chi connectivity index (χ0v) is 13.6. The summed E-state index contributed by atoms with van der Waals surface area (Å²) < 4.78 is 0. The first kappa shape index (κ1) is 14.9. The number of aromatic nitrogens is 1. The second-order valence-electron chi connectivity index (χ2n) is 6.78. The van der Waals surface area contributed by atoms with Crippen LogP contribution in [0.2, 0.25) is 0 Å². The van der Waals surface area contributed by atoms with E-state index in [-0.39, 0.29) is 5.54 Å². The Bertz CT molecular complexity index is 386. The highest BCUT2D eigenvalue weighted by molar-refractivity contribution is 7.09. The van der Waals surface area contributed by atoms with Gasteiger partial charge >= 0.3 is 0 Å². The SMILES string of the molecule is CC(CN1CC(C)(C)NCC1C(C)C)c1nccs1. The van der Waals surface area contributed by atoms with E-state index < -0.39 is 0 Å². The smallest absolute Gasteiger partial charge is 0.0965 e. The summed E-state index contributed by atoms with van der Waals surface area (Å²) in [5, 5.41) is 7.01. The van der Waals surface area contributed by atoms with Crippen LogP contribution in [0.1, 0.15) is 45.5 Å². The normalized spacial score (nSPS) is 25.7. The molecule has 1 aliphatic rings.